The van der Waals surface area contributed by atoms with Crippen molar-refractivity contribution in [3.63, 3.8) is 0 Å². The third kappa shape index (κ3) is 3.97. The number of hydrazone groups is 1. The molecule has 1 amide bonds. The highest BCUT2D eigenvalue weighted by Gasteiger charge is 2.12. The summed E-state index contributed by atoms with van der Waals surface area (Å²) in [5.74, 6) is 0.893. The molecule has 0 aliphatic rings. The molecule has 8 nitrogen and oxygen atoms in total. The molecule has 0 fully saturated rings. The zero-order valence-corrected chi connectivity index (χ0v) is 14.4. The van der Waals surface area contributed by atoms with Crippen LogP contribution in [0.1, 0.15) is 15.9 Å². The van der Waals surface area contributed by atoms with E-state index < -0.39 is 11.5 Å². The number of methoxy groups -OCH3 is 3. The van der Waals surface area contributed by atoms with Gasteiger partial charge in [0, 0.05) is 24.9 Å². The molecule has 0 atom stereocenters. The Labute approximate surface area is 144 Å². The van der Waals surface area contributed by atoms with Crippen LogP contribution in [0.25, 0.3) is 0 Å². The van der Waals surface area contributed by atoms with Crippen molar-refractivity contribution in [2.45, 2.75) is 0 Å². The standard InChI is InChI=1S/C17H19N3O5/c1-20-7-5-6-12(17(20)22)16(21)19-18-10-11-8-14(24-3)15(25-4)9-13(11)23-2/h5-10H,1-4H3,(H,19,21)/b18-10-. The first-order valence-electron chi connectivity index (χ1n) is 7.30. The monoisotopic (exact) mass is 345 g/mol. The number of rotatable bonds is 6. The molecular weight excluding hydrogens is 326 g/mol. The van der Waals surface area contributed by atoms with Crippen molar-refractivity contribution in [2.24, 2.45) is 12.1 Å². The highest BCUT2D eigenvalue weighted by molar-refractivity contribution is 5.94. The summed E-state index contributed by atoms with van der Waals surface area (Å²) < 4.78 is 17.0. The number of amides is 1. The summed E-state index contributed by atoms with van der Waals surface area (Å²) in [7, 11) is 6.10. The number of hydrogen-bond donors (Lipinski definition) is 1. The maximum atomic E-state index is 12.1. The lowest BCUT2D eigenvalue weighted by Crippen LogP contribution is -2.29. The highest BCUT2D eigenvalue weighted by atomic mass is 16.5. The summed E-state index contributed by atoms with van der Waals surface area (Å²) in [4.78, 5) is 24.0. The molecule has 0 aliphatic carbocycles. The van der Waals surface area contributed by atoms with Gasteiger partial charge in [0.2, 0.25) is 0 Å². The molecule has 132 valence electrons. The average Bonchev–Trinajstić information content (AvgIpc) is 2.63. The molecule has 1 N–H and O–H groups in total. The molecule has 0 unspecified atom stereocenters. The van der Waals surface area contributed by atoms with Crippen molar-refractivity contribution < 1.29 is 19.0 Å². The number of nitrogens with one attached hydrogen (secondary N) is 1. The number of aromatic nitrogens is 1. The molecule has 0 radical (unpaired) electrons. The first kappa shape index (κ1) is 18.1. The molecular formula is C17H19N3O5. The lowest BCUT2D eigenvalue weighted by molar-refractivity contribution is 0.0953. The number of carbonyl (C=O) groups is 1. The molecule has 8 heteroatoms. The Morgan fingerprint density at radius 3 is 2.40 bits per heavy atom. The van der Waals surface area contributed by atoms with E-state index in [-0.39, 0.29) is 5.56 Å². The van der Waals surface area contributed by atoms with Gasteiger partial charge in [0.25, 0.3) is 11.5 Å². The zero-order chi connectivity index (χ0) is 18.4. The minimum atomic E-state index is -0.600. The Morgan fingerprint density at radius 1 is 1.12 bits per heavy atom. The lowest BCUT2D eigenvalue weighted by atomic mass is 10.2. The van der Waals surface area contributed by atoms with Crippen LogP contribution in [-0.2, 0) is 7.05 Å². The molecule has 0 saturated carbocycles. The maximum Gasteiger partial charge on any atom is 0.276 e. The predicted octanol–water partition coefficient (Wildman–Crippen LogP) is 1.18. The molecule has 2 aromatic rings. The van der Waals surface area contributed by atoms with E-state index in [0.29, 0.717) is 22.8 Å². The fourth-order valence-electron chi connectivity index (χ4n) is 2.14. The van der Waals surface area contributed by atoms with E-state index >= 15 is 0 Å². The van der Waals surface area contributed by atoms with Crippen LogP contribution in [0.5, 0.6) is 17.2 Å². The van der Waals surface area contributed by atoms with E-state index in [1.807, 2.05) is 0 Å². The van der Waals surface area contributed by atoms with E-state index in [2.05, 4.69) is 10.5 Å². The SMILES string of the molecule is COc1cc(OC)c(OC)cc1/C=N\NC(=O)c1cccn(C)c1=O. The van der Waals surface area contributed by atoms with Crippen LogP contribution in [0.4, 0.5) is 0 Å². The molecule has 2 rings (SSSR count). The Hall–Kier alpha value is -3.29. The van der Waals surface area contributed by atoms with E-state index in [1.165, 1.54) is 38.2 Å². The van der Waals surface area contributed by atoms with Gasteiger partial charge in [-0.05, 0) is 18.2 Å². The smallest absolute Gasteiger partial charge is 0.276 e. The molecule has 0 saturated heterocycles. The summed E-state index contributed by atoms with van der Waals surface area (Å²) in [6, 6.07) is 6.35. The van der Waals surface area contributed by atoms with Gasteiger partial charge in [-0.3, -0.25) is 9.59 Å². The Bertz CT molecular complexity index is 858. The van der Waals surface area contributed by atoms with E-state index in [0.717, 1.165) is 0 Å². The molecule has 1 aromatic carbocycles. The number of hydrogen-bond acceptors (Lipinski definition) is 6. The van der Waals surface area contributed by atoms with Crippen molar-refractivity contribution >= 4 is 12.1 Å². The van der Waals surface area contributed by atoms with Gasteiger partial charge in [-0.1, -0.05) is 0 Å². The van der Waals surface area contributed by atoms with Gasteiger partial charge in [-0.15, -0.1) is 0 Å². The number of aryl methyl sites for hydroxylation is 1. The molecule has 1 heterocycles. The van der Waals surface area contributed by atoms with Gasteiger partial charge in [0.05, 0.1) is 27.5 Å². The Kier molecular flexibility index (Phi) is 5.78. The number of nitrogens with zero attached hydrogens (tertiary/aromatic N) is 2. The largest absolute Gasteiger partial charge is 0.496 e. The third-order valence-corrected chi connectivity index (χ3v) is 3.47. The molecule has 1 aromatic heterocycles. The Morgan fingerprint density at radius 2 is 1.76 bits per heavy atom. The molecule has 0 aliphatic heterocycles. The maximum absolute atomic E-state index is 12.1. The van der Waals surface area contributed by atoms with Crippen LogP contribution in [0, 0.1) is 0 Å². The van der Waals surface area contributed by atoms with Crippen LogP contribution < -0.4 is 25.2 Å². The summed E-state index contributed by atoms with van der Waals surface area (Å²) >= 11 is 0. The fraction of sp³-hybridized carbons (Fsp3) is 0.235. The normalized spacial score (nSPS) is 10.6. The average molecular weight is 345 g/mol. The van der Waals surface area contributed by atoms with Gasteiger partial charge < -0.3 is 18.8 Å². The summed E-state index contributed by atoms with van der Waals surface area (Å²) in [6.07, 6.45) is 2.96. The Balaban J connectivity index is 2.23. The van der Waals surface area contributed by atoms with Gasteiger partial charge in [0.1, 0.15) is 11.3 Å². The van der Waals surface area contributed by atoms with Crippen LogP contribution in [0.2, 0.25) is 0 Å². The second-order valence-corrected chi connectivity index (χ2v) is 4.99. The topological polar surface area (TPSA) is 91.2 Å². The summed E-state index contributed by atoms with van der Waals surface area (Å²) in [5, 5.41) is 3.88. The first-order valence-corrected chi connectivity index (χ1v) is 7.30. The summed E-state index contributed by atoms with van der Waals surface area (Å²) in [6.45, 7) is 0. The van der Waals surface area contributed by atoms with Gasteiger partial charge in [-0.2, -0.15) is 5.10 Å². The zero-order valence-electron chi connectivity index (χ0n) is 14.4. The van der Waals surface area contributed by atoms with Gasteiger partial charge in [0.15, 0.2) is 11.5 Å². The van der Waals surface area contributed by atoms with Crippen molar-refractivity contribution in [2.75, 3.05) is 21.3 Å². The first-order chi connectivity index (χ1) is 12.0. The van der Waals surface area contributed by atoms with Crippen molar-refractivity contribution in [3.8, 4) is 17.2 Å². The van der Waals surface area contributed by atoms with Crippen LogP contribution in [0.15, 0.2) is 40.4 Å². The summed E-state index contributed by atoms with van der Waals surface area (Å²) in [5.41, 5.74) is 2.49. The second kappa shape index (κ2) is 8.00. The van der Waals surface area contributed by atoms with Crippen LogP contribution in [0.3, 0.4) is 0 Å². The number of ether oxygens (including phenoxy) is 3. The number of carbonyl (C=O) groups excluding carboxylic acids is 1. The second-order valence-electron chi connectivity index (χ2n) is 4.99. The minimum Gasteiger partial charge on any atom is -0.496 e. The quantitative estimate of drug-likeness (QED) is 0.627. The van der Waals surface area contributed by atoms with Gasteiger partial charge in [-0.25, -0.2) is 5.43 Å². The van der Waals surface area contributed by atoms with Crippen LogP contribution in [-0.4, -0.2) is 38.0 Å². The molecule has 0 spiro atoms. The number of pyridine rings is 1. The lowest BCUT2D eigenvalue weighted by Gasteiger charge is -2.11. The van der Waals surface area contributed by atoms with Crippen LogP contribution >= 0.6 is 0 Å². The van der Waals surface area contributed by atoms with Crippen molar-refractivity contribution in [1.82, 2.24) is 9.99 Å². The number of benzene rings is 1. The third-order valence-electron chi connectivity index (χ3n) is 3.47. The minimum absolute atomic E-state index is 0.00132. The fourth-order valence-corrected chi connectivity index (χ4v) is 2.14. The van der Waals surface area contributed by atoms with E-state index in [9.17, 15) is 9.59 Å². The highest BCUT2D eigenvalue weighted by Crippen LogP contribution is 2.33. The van der Waals surface area contributed by atoms with Crippen molar-refractivity contribution in [3.05, 3.63) is 51.9 Å². The molecule has 25 heavy (non-hydrogen) atoms. The molecule has 0 bridgehead atoms. The van der Waals surface area contributed by atoms with E-state index in [4.69, 9.17) is 14.2 Å². The predicted molar refractivity (Wildman–Crippen MR) is 92.8 cm³/mol. The van der Waals surface area contributed by atoms with Gasteiger partial charge >= 0.3 is 0 Å². The van der Waals surface area contributed by atoms with E-state index in [1.54, 1.807) is 31.4 Å². The van der Waals surface area contributed by atoms with Crippen molar-refractivity contribution in [1.29, 1.82) is 0 Å².